The standard InChI is InChI=1S/C12H11ClF2N2/c1-8-2-4-10(5-3-8)17-11(12(14)15)9(6-13)7-16-17/h2-5,7,12H,6H2,1H3. The van der Waals surface area contributed by atoms with Crippen molar-refractivity contribution in [3.8, 4) is 5.69 Å². The average Bonchev–Trinajstić information content (AvgIpc) is 2.73. The van der Waals surface area contributed by atoms with Crippen LogP contribution in [0.25, 0.3) is 5.69 Å². The number of hydrogen-bond acceptors (Lipinski definition) is 1. The lowest BCUT2D eigenvalue weighted by atomic mass is 10.2. The van der Waals surface area contributed by atoms with Crippen molar-refractivity contribution in [1.29, 1.82) is 0 Å². The maximum absolute atomic E-state index is 13.0. The van der Waals surface area contributed by atoms with E-state index in [4.69, 9.17) is 11.6 Å². The van der Waals surface area contributed by atoms with Crippen LogP contribution >= 0.6 is 11.6 Å². The maximum atomic E-state index is 13.0. The van der Waals surface area contributed by atoms with E-state index in [1.165, 1.54) is 10.9 Å². The molecule has 1 heterocycles. The van der Waals surface area contributed by atoms with Crippen LogP contribution in [0.15, 0.2) is 30.5 Å². The second-order valence-corrected chi connectivity index (χ2v) is 4.00. The minimum absolute atomic E-state index is 0.0333. The molecule has 0 spiro atoms. The zero-order valence-electron chi connectivity index (χ0n) is 9.20. The van der Waals surface area contributed by atoms with Crippen molar-refractivity contribution in [2.75, 3.05) is 0 Å². The molecule has 2 nitrogen and oxygen atoms in total. The van der Waals surface area contributed by atoms with Gasteiger partial charge in [0.25, 0.3) is 6.43 Å². The van der Waals surface area contributed by atoms with Crippen molar-refractivity contribution in [2.24, 2.45) is 0 Å². The van der Waals surface area contributed by atoms with Crippen LogP contribution in [0.3, 0.4) is 0 Å². The van der Waals surface area contributed by atoms with E-state index in [1.807, 2.05) is 19.1 Å². The molecule has 1 aromatic heterocycles. The summed E-state index contributed by atoms with van der Waals surface area (Å²) in [6.45, 7) is 1.94. The number of benzene rings is 1. The molecule has 0 unspecified atom stereocenters. The summed E-state index contributed by atoms with van der Waals surface area (Å²) in [6.07, 6.45) is -1.21. The molecule has 0 saturated carbocycles. The van der Waals surface area contributed by atoms with Crippen molar-refractivity contribution in [3.63, 3.8) is 0 Å². The first-order chi connectivity index (χ1) is 8.13. The van der Waals surface area contributed by atoms with Gasteiger partial charge < -0.3 is 0 Å². The highest BCUT2D eigenvalue weighted by Crippen LogP contribution is 2.26. The van der Waals surface area contributed by atoms with Crippen molar-refractivity contribution in [2.45, 2.75) is 19.2 Å². The molecule has 0 saturated heterocycles. The second kappa shape index (κ2) is 4.84. The fourth-order valence-corrected chi connectivity index (χ4v) is 1.82. The Hall–Kier alpha value is -1.42. The molecule has 2 rings (SSSR count). The SMILES string of the molecule is Cc1ccc(-n2ncc(CCl)c2C(F)F)cc1. The van der Waals surface area contributed by atoms with E-state index in [0.29, 0.717) is 11.3 Å². The molecule has 0 aliphatic carbocycles. The van der Waals surface area contributed by atoms with Gasteiger partial charge in [-0.15, -0.1) is 11.6 Å². The first-order valence-corrected chi connectivity index (χ1v) is 5.65. The van der Waals surface area contributed by atoms with E-state index in [2.05, 4.69) is 5.10 Å². The maximum Gasteiger partial charge on any atom is 0.280 e. The first-order valence-electron chi connectivity index (χ1n) is 5.11. The summed E-state index contributed by atoms with van der Waals surface area (Å²) in [4.78, 5) is 0. The molecule has 17 heavy (non-hydrogen) atoms. The molecule has 0 bridgehead atoms. The van der Waals surface area contributed by atoms with Crippen LogP contribution < -0.4 is 0 Å². The number of rotatable bonds is 3. The summed E-state index contributed by atoms with van der Waals surface area (Å²) >= 11 is 5.62. The lowest BCUT2D eigenvalue weighted by Crippen LogP contribution is -2.03. The monoisotopic (exact) mass is 256 g/mol. The summed E-state index contributed by atoms with van der Waals surface area (Å²) in [5.74, 6) is 0.0333. The summed E-state index contributed by atoms with van der Waals surface area (Å²) in [5.41, 5.74) is 1.91. The molecular formula is C12H11ClF2N2. The average molecular weight is 257 g/mol. The molecular weight excluding hydrogens is 246 g/mol. The van der Waals surface area contributed by atoms with Crippen LogP contribution in [0.4, 0.5) is 8.78 Å². The largest absolute Gasteiger partial charge is 0.280 e. The van der Waals surface area contributed by atoms with Gasteiger partial charge in [0.2, 0.25) is 0 Å². The van der Waals surface area contributed by atoms with Gasteiger partial charge in [-0.05, 0) is 19.1 Å². The highest BCUT2D eigenvalue weighted by Gasteiger charge is 2.20. The number of hydrogen-bond donors (Lipinski definition) is 0. The van der Waals surface area contributed by atoms with Gasteiger partial charge >= 0.3 is 0 Å². The number of alkyl halides is 3. The fourth-order valence-electron chi connectivity index (χ4n) is 1.62. The quantitative estimate of drug-likeness (QED) is 0.763. The highest BCUT2D eigenvalue weighted by molar-refractivity contribution is 6.17. The third-order valence-electron chi connectivity index (χ3n) is 2.52. The molecule has 0 aliphatic heterocycles. The fraction of sp³-hybridized carbons (Fsp3) is 0.250. The van der Waals surface area contributed by atoms with Gasteiger partial charge in [-0.25, -0.2) is 13.5 Å². The number of halogens is 3. The Kier molecular flexibility index (Phi) is 3.43. The summed E-state index contributed by atoms with van der Waals surface area (Å²) < 4.78 is 27.1. The smallest absolute Gasteiger partial charge is 0.232 e. The number of aryl methyl sites for hydroxylation is 1. The zero-order chi connectivity index (χ0) is 12.4. The zero-order valence-corrected chi connectivity index (χ0v) is 9.96. The van der Waals surface area contributed by atoms with Gasteiger partial charge in [-0.2, -0.15) is 5.10 Å². The third-order valence-corrected chi connectivity index (χ3v) is 2.80. The highest BCUT2D eigenvalue weighted by atomic mass is 35.5. The van der Waals surface area contributed by atoms with Crippen LogP contribution in [-0.2, 0) is 5.88 Å². The second-order valence-electron chi connectivity index (χ2n) is 3.74. The van der Waals surface area contributed by atoms with Crippen LogP contribution in [-0.4, -0.2) is 9.78 Å². The molecule has 2 aromatic rings. The molecule has 0 amide bonds. The van der Waals surface area contributed by atoms with Crippen molar-refractivity contribution < 1.29 is 8.78 Å². The van der Waals surface area contributed by atoms with Crippen LogP contribution in [0.1, 0.15) is 23.2 Å². The minimum Gasteiger partial charge on any atom is -0.232 e. The summed E-state index contributed by atoms with van der Waals surface area (Å²) in [7, 11) is 0. The van der Waals surface area contributed by atoms with Crippen molar-refractivity contribution in [3.05, 3.63) is 47.3 Å². The van der Waals surface area contributed by atoms with Gasteiger partial charge in [-0.3, -0.25) is 0 Å². The lowest BCUT2D eigenvalue weighted by molar-refractivity contribution is 0.142. The Bertz CT molecular complexity index is 506. The van der Waals surface area contributed by atoms with Gasteiger partial charge in [0.15, 0.2) is 0 Å². The Morgan fingerprint density at radius 2 is 1.94 bits per heavy atom. The Balaban J connectivity index is 2.51. The number of nitrogens with zero attached hydrogens (tertiary/aromatic N) is 2. The first kappa shape index (κ1) is 12.0. The summed E-state index contributed by atoms with van der Waals surface area (Å²) in [6, 6.07) is 7.22. The molecule has 0 aliphatic rings. The lowest BCUT2D eigenvalue weighted by Gasteiger charge is -2.08. The Labute approximate surface area is 103 Å². The molecule has 1 aromatic carbocycles. The van der Waals surface area contributed by atoms with Crippen molar-refractivity contribution >= 4 is 11.6 Å². The van der Waals surface area contributed by atoms with Crippen LogP contribution in [0, 0.1) is 6.92 Å². The van der Waals surface area contributed by atoms with Gasteiger partial charge in [-0.1, -0.05) is 17.7 Å². The molecule has 90 valence electrons. The molecule has 0 N–H and O–H groups in total. The van der Waals surface area contributed by atoms with E-state index >= 15 is 0 Å². The predicted octanol–water partition coefficient (Wildman–Crippen LogP) is 3.86. The number of aromatic nitrogens is 2. The predicted molar refractivity (Wildman–Crippen MR) is 62.8 cm³/mol. The normalized spacial score (nSPS) is 11.1. The van der Waals surface area contributed by atoms with E-state index in [9.17, 15) is 8.78 Å². The van der Waals surface area contributed by atoms with Crippen LogP contribution in [0.2, 0.25) is 0 Å². The van der Waals surface area contributed by atoms with Gasteiger partial charge in [0.05, 0.1) is 17.8 Å². The molecule has 0 radical (unpaired) electrons. The summed E-state index contributed by atoms with van der Waals surface area (Å²) in [5, 5.41) is 3.96. The molecule has 5 heteroatoms. The van der Waals surface area contributed by atoms with Crippen LogP contribution in [0.5, 0.6) is 0 Å². The topological polar surface area (TPSA) is 17.8 Å². The third kappa shape index (κ3) is 2.31. The van der Waals surface area contributed by atoms with E-state index in [0.717, 1.165) is 5.56 Å². The van der Waals surface area contributed by atoms with Crippen molar-refractivity contribution in [1.82, 2.24) is 9.78 Å². The molecule has 0 atom stereocenters. The Morgan fingerprint density at radius 3 is 2.47 bits per heavy atom. The van der Waals surface area contributed by atoms with E-state index in [1.54, 1.807) is 12.1 Å². The minimum atomic E-state index is -2.59. The Morgan fingerprint density at radius 1 is 1.29 bits per heavy atom. The van der Waals surface area contributed by atoms with Gasteiger partial charge in [0.1, 0.15) is 5.69 Å². The van der Waals surface area contributed by atoms with Gasteiger partial charge in [0, 0.05) is 5.56 Å². The van der Waals surface area contributed by atoms with E-state index < -0.39 is 6.43 Å². The van der Waals surface area contributed by atoms with E-state index in [-0.39, 0.29) is 11.6 Å². The molecule has 0 fully saturated rings.